The topological polar surface area (TPSA) is 180 Å². The molecule has 8 N–H and O–H groups in total. The molecule has 2 saturated heterocycles. The first-order valence-corrected chi connectivity index (χ1v) is 7.42. The number of hydrogen-bond donors (Lipinski definition) is 8. The first-order valence-electron chi connectivity index (χ1n) is 6.98. The SMILES string of the molecule is OC[C@H]1O[C@@](CO)(C(O)[C@H]2O[C@H](O)[C@H](O)[C@@H](O)[C@H]2Cl)[C@@H](O)[C@@H]1O. The maximum atomic E-state index is 10.5. The second kappa shape index (κ2) is 7.02. The number of ether oxygens (including phenoxy) is 2. The minimum absolute atomic E-state index is 0.688. The zero-order chi connectivity index (χ0) is 17.5. The molecule has 0 bridgehead atoms. The molecule has 136 valence electrons. The van der Waals surface area contributed by atoms with Crippen molar-refractivity contribution in [2.24, 2.45) is 0 Å². The van der Waals surface area contributed by atoms with Gasteiger partial charge in [0.05, 0.1) is 18.6 Å². The molecule has 10 nitrogen and oxygen atoms in total. The van der Waals surface area contributed by atoms with Crippen molar-refractivity contribution >= 4 is 11.6 Å². The van der Waals surface area contributed by atoms with Gasteiger partial charge in [0.2, 0.25) is 0 Å². The van der Waals surface area contributed by atoms with E-state index >= 15 is 0 Å². The van der Waals surface area contributed by atoms with Gasteiger partial charge >= 0.3 is 0 Å². The molecule has 2 fully saturated rings. The summed E-state index contributed by atoms with van der Waals surface area (Å²) in [5, 5.41) is 76.5. The Morgan fingerprint density at radius 2 is 1.61 bits per heavy atom. The van der Waals surface area contributed by atoms with E-state index in [2.05, 4.69) is 0 Å². The second-order valence-corrected chi connectivity index (χ2v) is 6.25. The van der Waals surface area contributed by atoms with Crippen molar-refractivity contribution in [3.05, 3.63) is 0 Å². The zero-order valence-electron chi connectivity index (χ0n) is 11.9. The molecule has 10 atom stereocenters. The van der Waals surface area contributed by atoms with Gasteiger partial charge in [0, 0.05) is 0 Å². The van der Waals surface area contributed by atoms with Crippen LogP contribution in [0.1, 0.15) is 0 Å². The molecule has 0 radical (unpaired) electrons. The van der Waals surface area contributed by atoms with Gasteiger partial charge in [0.1, 0.15) is 48.3 Å². The number of rotatable bonds is 4. The normalized spacial score (nSPS) is 52.6. The summed E-state index contributed by atoms with van der Waals surface area (Å²) in [6.45, 7) is -1.66. The molecule has 1 unspecified atom stereocenters. The van der Waals surface area contributed by atoms with Crippen molar-refractivity contribution in [2.75, 3.05) is 13.2 Å². The van der Waals surface area contributed by atoms with Crippen LogP contribution < -0.4 is 0 Å². The second-order valence-electron chi connectivity index (χ2n) is 5.75. The van der Waals surface area contributed by atoms with Gasteiger partial charge in [-0.3, -0.25) is 0 Å². The van der Waals surface area contributed by atoms with Crippen LogP contribution in [-0.2, 0) is 9.47 Å². The quantitative estimate of drug-likeness (QED) is 0.227. The summed E-state index contributed by atoms with van der Waals surface area (Å²) < 4.78 is 10.2. The monoisotopic (exact) mass is 360 g/mol. The molecule has 0 aromatic carbocycles. The highest BCUT2D eigenvalue weighted by Gasteiger charge is 2.62. The van der Waals surface area contributed by atoms with Crippen LogP contribution in [0.4, 0.5) is 0 Å². The van der Waals surface area contributed by atoms with Crippen molar-refractivity contribution in [1.82, 2.24) is 0 Å². The van der Waals surface area contributed by atoms with Gasteiger partial charge in [-0.1, -0.05) is 0 Å². The summed E-state index contributed by atoms with van der Waals surface area (Å²) in [6, 6.07) is 0. The van der Waals surface area contributed by atoms with E-state index in [1.165, 1.54) is 0 Å². The molecule has 0 aliphatic carbocycles. The fourth-order valence-electron chi connectivity index (χ4n) is 2.92. The first kappa shape index (κ1) is 19.2. The average Bonchev–Trinajstić information content (AvgIpc) is 2.80. The predicted octanol–water partition coefficient (Wildman–Crippen LogP) is -4.76. The molecule has 0 amide bonds. The first-order chi connectivity index (χ1) is 10.7. The number of halogens is 1. The lowest BCUT2D eigenvalue weighted by Crippen LogP contribution is -2.66. The van der Waals surface area contributed by atoms with Gasteiger partial charge in [-0.15, -0.1) is 11.6 Å². The van der Waals surface area contributed by atoms with Crippen LogP contribution in [0, 0.1) is 0 Å². The van der Waals surface area contributed by atoms with Crippen LogP contribution in [0.25, 0.3) is 0 Å². The van der Waals surface area contributed by atoms with Gasteiger partial charge in [0.25, 0.3) is 0 Å². The Kier molecular flexibility index (Phi) is 5.87. The van der Waals surface area contributed by atoms with E-state index in [9.17, 15) is 35.7 Å². The third kappa shape index (κ3) is 2.98. The highest BCUT2D eigenvalue weighted by molar-refractivity contribution is 6.21. The minimum atomic E-state index is -2.16. The third-order valence-electron chi connectivity index (χ3n) is 4.39. The summed E-state index contributed by atoms with van der Waals surface area (Å²) in [6.07, 6.45) is -13.3. The van der Waals surface area contributed by atoms with E-state index < -0.39 is 73.2 Å². The van der Waals surface area contributed by atoms with Crippen molar-refractivity contribution in [3.63, 3.8) is 0 Å². The average molecular weight is 361 g/mol. The third-order valence-corrected chi connectivity index (χ3v) is 4.90. The van der Waals surface area contributed by atoms with E-state index in [0.717, 1.165) is 0 Å². The number of aliphatic hydroxyl groups excluding tert-OH is 8. The molecule has 0 spiro atoms. The molecule has 2 aliphatic heterocycles. The summed E-state index contributed by atoms with van der Waals surface area (Å²) in [4.78, 5) is 0. The molecule has 0 aromatic heterocycles. The Balaban J connectivity index is 2.28. The Morgan fingerprint density at radius 1 is 1.00 bits per heavy atom. The van der Waals surface area contributed by atoms with E-state index in [-0.39, 0.29) is 0 Å². The molecule has 2 aliphatic rings. The van der Waals surface area contributed by atoms with Crippen LogP contribution in [0.3, 0.4) is 0 Å². The lowest BCUT2D eigenvalue weighted by atomic mass is 9.83. The van der Waals surface area contributed by atoms with Crippen LogP contribution in [-0.4, -0.2) is 114 Å². The lowest BCUT2D eigenvalue weighted by molar-refractivity contribution is -0.286. The fourth-order valence-corrected chi connectivity index (χ4v) is 3.27. The lowest BCUT2D eigenvalue weighted by Gasteiger charge is -2.45. The van der Waals surface area contributed by atoms with Crippen molar-refractivity contribution in [2.45, 2.75) is 60.0 Å². The molecular formula is C12H21ClO10. The van der Waals surface area contributed by atoms with E-state index in [1.54, 1.807) is 0 Å². The molecule has 2 rings (SSSR count). The highest BCUT2D eigenvalue weighted by Crippen LogP contribution is 2.39. The number of aliphatic hydroxyl groups is 8. The van der Waals surface area contributed by atoms with Crippen LogP contribution >= 0.6 is 11.6 Å². The number of hydrogen-bond acceptors (Lipinski definition) is 10. The number of alkyl halides is 1. The molecule has 0 aromatic rings. The fraction of sp³-hybridized carbons (Fsp3) is 1.00. The minimum Gasteiger partial charge on any atom is -0.394 e. The van der Waals surface area contributed by atoms with Crippen LogP contribution in [0.5, 0.6) is 0 Å². The summed E-state index contributed by atoms with van der Waals surface area (Å²) in [5.41, 5.74) is -2.16. The van der Waals surface area contributed by atoms with E-state index in [4.69, 9.17) is 26.2 Å². The molecule has 2 heterocycles. The molecule has 0 saturated carbocycles. The van der Waals surface area contributed by atoms with E-state index in [1.807, 2.05) is 0 Å². The zero-order valence-corrected chi connectivity index (χ0v) is 12.6. The smallest absolute Gasteiger partial charge is 0.183 e. The Labute approximate surface area is 136 Å². The summed E-state index contributed by atoms with van der Waals surface area (Å²) in [5.74, 6) is 0. The largest absolute Gasteiger partial charge is 0.394 e. The van der Waals surface area contributed by atoms with Crippen molar-refractivity contribution in [1.29, 1.82) is 0 Å². The van der Waals surface area contributed by atoms with Gasteiger partial charge in [-0.25, -0.2) is 0 Å². The summed E-state index contributed by atoms with van der Waals surface area (Å²) in [7, 11) is 0. The van der Waals surface area contributed by atoms with Crippen LogP contribution in [0.2, 0.25) is 0 Å². The Morgan fingerprint density at radius 3 is 2.09 bits per heavy atom. The predicted molar refractivity (Wildman–Crippen MR) is 72.3 cm³/mol. The maximum Gasteiger partial charge on any atom is 0.183 e. The maximum absolute atomic E-state index is 10.5. The van der Waals surface area contributed by atoms with E-state index in [0.29, 0.717) is 0 Å². The molecule has 11 heteroatoms. The Hall–Kier alpha value is -0.110. The van der Waals surface area contributed by atoms with Gasteiger partial charge in [-0.05, 0) is 0 Å². The Bertz CT molecular complexity index is 413. The van der Waals surface area contributed by atoms with Gasteiger partial charge < -0.3 is 50.3 Å². The van der Waals surface area contributed by atoms with Crippen molar-refractivity contribution in [3.8, 4) is 0 Å². The molecular weight excluding hydrogens is 340 g/mol. The van der Waals surface area contributed by atoms with Gasteiger partial charge in [-0.2, -0.15) is 0 Å². The summed E-state index contributed by atoms with van der Waals surface area (Å²) >= 11 is 5.90. The van der Waals surface area contributed by atoms with Gasteiger partial charge in [0.15, 0.2) is 6.29 Å². The molecule has 23 heavy (non-hydrogen) atoms. The van der Waals surface area contributed by atoms with Crippen molar-refractivity contribution < 1.29 is 50.3 Å². The van der Waals surface area contributed by atoms with Crippen LogP contribution in [0.15, 0.2) is 0 Å². The standard InChI is InChI=1S/C12H21ClO10/c13-4-6(17)7(18)11(21)22-8(4)10(20)12(2-15)9(19)5(16)3(1-14)23-12/h3-11,14-21H,1-2H2/t3-,4-,5-,6+,7-,8+,9+,10?,11+,12-/m1/s1. The highest BCUT2D eigenvalue weighted by atomic mass is 35.5.